The number of nitrogens with zero attached hydrogens (tertiary/aromatic N) is 2. The summed E-state index contributed by atoms with van der Waals surface area (Å²) in [4.78, 5) is 24.3. The molecule has 2 rings (SSSR count). The van der Waals surface area contributed by atoms with Gasteiger partial charge in [0.05, 0.1) is 18.8 Å². The smallest absolute Gasteiger partial charge is 0.409 e. The number of hydrogen-bond acceptors (Lipinski definition) is 4. The van der Waals surface area contributed by atoms with Crippen molar-refractivity contribution in [2.75, 3.05) is 26.7 Å². The van der Waals surface area contributed by atoms with E-state index in [0.717, 1.165) is 5.69 Å². The average molecular weight is 240 g/mol. The molecular formula is C10H16N4O3. The standard InChI is InChI=1S/C10H16N4O3/c1-13-8(5-9(15)12-13)7-6-14(4-3-11-7)10(16)17-2/h5,7,11H,3-4,6H2,1-2H3,(H,12,15). The first-order valence-electron chi connectivity index (χ1n) is 5.44. The van der Waals surface area contributed by atoms with Crippen LogP contribution in [0.1, 0.15) is 11.7 Å². The number of methoxy groups -OCH3 is 1. The SMILES string of the molecule is COC(=O)N1CCNC(c2cc(=O)[nH]n2C)C1. The van der Waals surface area contributed by atoms with Crippen LogP contribution in [-0.2, 0) is 11.8 Å². The van der Waals surface area contributed by atoms with Gasteiger partial charge in [-0.15, -0.1) is 0 Å². The van der Waals surface area contributed by atoms with Gasteiger partial charge in [-0.1, -0.05) is 0 Å². The summed E-state index contributed by atoms with van der Waals surface area (Å²) in [6.07, 6.45) is -0.336. The van der Waals surface area contributed by atoms with Crippen molar-refractivity contribution in [3.63, 3.8) is 0 Å². The van der Waals surface area contributed by atoms with Crippen LogP contribution in [0.5, 0.6) is 0 Å². The Kier molecular flexibility index (Phi) is 3.19. The third-order valence-corrected chi connectivity index (χ3v) is 2.91. The molecule has 1 aliphatic rings. The number of hydrogen-bond donors (Lipinski definition) is 2. The lowest BCUT2D eigenvalue weighted by Gasteiger charge is -2.32. The summed E-state index contributed by atoms with van der Waals surface area (Å²) < 4.78 is 6.36. The Hall–Kier alpha value is -1.76. The van der Waals surface area contributed by atoms with Crippen LogP contribution in [-0.4, -0.2) is 47.5 Å². The zero-order valence-electron chi connectivity index (χ0n) is 9.90. The van der Waals surface area contributed by atoms with E-state index in [9.17, 15) is 9.59 Å². The van der Waals surface area contributed by atoms with Gasteiger partial charge in [0, 0.05) is 32.7 Å². The van der Waals surface area contributed by atoms with Crippen LogP contribution < -0.4 is 10.9 Å². The first kappa shape index (κ1) is 11.7. The van der Waals surface area contributed by atoms with Gasteiger partial charge in [0.15, 0.2) is 0 Å². The van der Waals surface area contributed by atoms with Crippen LogP contribution >= 0.6 is 0 Å². The van der Waals surface area contributed by atoms with Crippen molar-refractivity contribution in [3.8, 4) is 0 Å². The maximum absolute atomic E-state index is 11.4. The molecule has 2 heterocycles. The van der Waals surface area contributed by atoms with Crippen molar-refractivity contribution in [2.24, 2.45) is 7.05 Å². The second-order valence-electron chi connectivity index (χ2n) is 4.03. The molecule has 7 nitrogen and oxygen atoms in total. The molecular weight excluding hydrogens is 224 g/mol. The van der Waals surface area contributed by atoms with Crippen LogP contribution in [0, 0.1) is 0 Å². The van der Waals surface area contributed by atoms with Crippen LogP contribution in [0.15, 0.2) is 10.9 Å². The van der Waals surface area contributed by atoms with Crippen molar-refractivity contribution < 1.29 is 9.53 Å². The van der Waals surface area contributed by atoms with Crippen molar-refractivity contribution >= 4 is 6.09 Å². The van der Waals surface area contributed by atoms with E-state index in [1.165, 1.54) is 7.11 Å². The van der Waals surface area contributed by atoms with E-state index in [2.05, 4.69) is 10.4 Å². The van der Waals surface area contributed by atoms with Gasteiger partial charge in [0.1, 0.15) is 0 Å². The summed E-state index contributed by atoms with van der Waals surface area (Å²) in [5.74, 6) is 0. The summed E-state index contributed by atoms with van der Waals surface area (Å²) in [5.41, 5.74) is 0.697. The molecule has 0 saturated carbocycles. The van der Waals surface area contributed by atoms with Gasteiger partial charge in [-0.05, 0) is 0 Å². The minimum absolute atomic E-state index is 0.0493. The minimum Gasteiger partial charge on any atom is -0.453 e. The number of carbonyl (C=O) groups is 1. The van der Waals surface area contributed by atoms with Crippen LogP contribution in [0.25, 0.3) is 0 Å². The van der Waals surface area contributed by atoms with Gasteiger partial charge in [0.2, 0.25) is 0 Å². The lowest BCUT2D eigenvalue weighted by atomic mass is 10.1. The summed E-state index contributed by atoms with van der Waals surface area (Å²) in [6.45, 7) is 1.79. The highest BCUT2D eigenvalue weighted by molar-refractivity contribution is 5.67. The fourth-order valence-corrected chi connectivity index (χ4v) is 2.07. The zero-order chi connectivity index (χ0) is 12.4. The number of aromatic nitrogens is 2. The first-order valence-corrected chi connectivity index (χ1v) is 5.44. The molecule has 1 fully saturated rings. The summed E-state index contributed by atoms with van der Waals surface area (Å²) in [5, 5.41) is 5.92. The van der Waals surface area contributed by atoms with Gasteiger partial charge in [-0.2, -0.15) is 0 Å². The van der Waals surface area contributed by atoms with Gasteiger partial charge < -0.3 is 15.0 Å². The number of piperazine rings is 1. The van der Waals surface area contributed by atoms with E-state index in [1.807, 2.05) is 0 Å². The Bertz CT molecular complexity index is 464. The molecule has 0 radical (unpaired) electrons. The Morgan fingerprint density at radius 3 is 2.94 bits per heavy atom. The number of aryl methyl sites for hydroxylation is 1. The summed E-state index contributed by atoms with van der Waals surface area (Å²) >= 11 is 0. The number of nitrogens with one attached hydrogen (secondary N) is 2. The number of amides is 1. The highest BCUT2D eigenvalue weighted by Gasteiger charge is 2.26. The molecule has 1 unspecified atom stereocenters. The van der Waals surface area contributed by atoms with Crippen molar-refractivity contribution in [1.29, 1.82) is 0 Å². The highest BCUT2D eigenvalue weighted by Crippen LogP contribution is 2.15. The zero-order valence-corrected chi connectivity index (χ0v) is 9.90. The minimum atomic E-state index is -0.336. The summed E-state index contributed by atoms with van der Waals surface area (Å²) in [6, 6.07) is 1.49. The maximum Gasteiger partial charge on any atom is 0.409 e. The van der Waals surface area contributed by atoms with E-state index in [1.54, 1.807) is 22.7 Å². The van der Waals surface area contributed by atoms with Crippen molar-refractivity contribution in [1.82, 2.24) is 20.0 Å². The van der Waals surface area contributed by atoms with Crippen molar-refractivity contribution in [2.45, 2.75) is 6.04 Å². The molecule has 0 aromatic carbocycles. The molecule has 1 amide bonds. The number of aromatic amines is 1. The molecule has 7 heteroatoms. The largest absolute Gasteiger partial charge is 0.453 e. The monoisotopic (exact) mass is 240 g/mol. The normalized spacial score (nSPS) is 20.4. The van der Waals surface area contributed by atoms with E-state index in [4.69, 9.17) is 4.74 Å². The Morgan fingerprint density at radius 1 is 1.59 bits per heavy atom. The highest BCUT2D eigenvalue weighted by atomic mass is 16.5. The molecule has 0 spiro atoms. The second-order valence-corrected chi connectivity index (χ2v) is 4.03. The number of ether oxygens (including phenoxy) is 1. The van der Waals surface area contributed by atoms with Gasteiger partial charge in [-0.25, -0.2) is 4.79 Å². The van der Waals surface area contributed by atoms with Gasteiger partial charge >= 0.3 is 6.09 Å². The molecule has 1 saturated heterocycles. The van der Waals surface area contributed by atoms with E-state index in [0.29, 0.717) is 19.6 Å². The molecule has 17 heavy (non-hydrogen) atoms. The topological polar surface area (TPSA) is 79.4 Å². The Labute approximate surface area is 98.3 Å². The first-order chi connectivity index (χ1) is 8.11. The third kappa shape index (κ3) is 2.33. The maximum atomic E-state index is 11.4. The molecule has 0 bridgehead atoms. The fourth-order valence-electron chi connectivity index (χ4n) is 2.07. The van der Waals surface area contributed by atoms with Crippen LogP contribution in [0.3, 0.4) is 0 Å². The van der Waals surface area contributed by atoms with Gasteiger partial charge in [-0.3, -0.25) is 14.6 Å². The Morgan fingerprint density at radius 2 is 2.35 bits per heavy atom. The van der Waals surface area contributed by atoms with Crippen molar-refractivity contribution in [3.05, 3.63) is 22.1 Å². The number of carbonyl (C=O) groups excluding carboxylic acids is 1. The predicted molar refractivity (Wildman–Crippen MR) is 60.8 cm³/mol. The summed E-state index contributed by atoms with van der Waals surface area (Å²) in [7, 11) is 3.14. The number of rotatable bonds is 1. The number of H-pyrrole nitrogens is 1. The quantitative estimate of drug-likeness (QED) is 0.688. The molecule has 2 N–H and O–H groups in total. The second kappa shape index (κ2) is 4.62. The fraction of sp³-hybridized carbons (Fsp3) is 0.600. The molecule has 1 aromatic rings. The molecule has 0 aliphatic carbocycles. The molecule has 1 aliphatic heterocycles. The Balaban J connectivity index is 2.14. The van der Waals surface area contributed by atoms with E-state index >= 15 is 0 Å². The van der Waals surface area contributed by atoms with Gasteiger partial charge in [0.25, 0.3) is 5.56 Å². The van der Waals surface area contributed by atoms with E-state index in [-0.39, 0.29) is 17.7 Å². The molecule has 1 atom stereocenters. The average Bonchev–Trinajstić information content (AvgIpc) is 2.67. The van der Waals surface area contributed by atoms with E-state index < -0.39 is 0 Å². The van der Waals surface area contributed by atoms with Crippen LogP contribution in [0.4, 0.5) is 4.79 Å². The predicted octanol–water partition coefficient (Wildman–Crippen LogP) is -0.574. The lowest BCUT2D eigenvalue weighted by molar-refractivity contribution is 0.109. The molecule has 1 aromatic heterocycles. The lowest BCUT2D eigenvalue weighted by Crippen LogP contribution is -2.48. The third-order valence-electron chi connectivity index (χ3n) is 2.91. The van der Waals surface area contributed by atoms with Crippen LogP contribution in [0.2, 0.25) is 0 Å². The molecule has 94 valence electrons.